The van der Waals surface area contributed by atoms with Crippen molar-refractivity contribution in [3.05, 3.63) is 81.8 Å². The molecule has 8 heteroatoms. The molecule has 0 bridgehead atoms. The number of fused-ring (bicyclic) bond motifs is 1. The van der Waals surface area contributed by atoms with Gasteiger partial charge in [0.1, 0.15) is 29.1 Å². The molecule has 174 valence electrons. The Bertz CT molecular complexity index is 1270. The van der Waals surface area contributed by atoms with Crippen molar-refractivity contribution in [2.24, 2.45) is 0 Å². The minimum atomic E-state index is -0.503. The van der Waals surface area contributed by atoms with E-state index in [0.717, 1.165) is 15.6 Å². The van der Waals surface area contributed by atoms with Crippen LogP contribution in [0.4, 0.5) is 0 Å². The zero-order chi connectivity index (χ0) is 24.4. The second-order valence-corrected chi connectivity index (χ2v) is 8.66. The molecule has 2 unspecified atom stereocenters. The van der Waals surface area contributed by atoms with Crippen molar-refractivity contribution in [1.29, 1.82) is 0 Å². The molecule has 34 heavy (non-hydrogen) atoms. The predicted molar refractivity (Wildman–Crippen MR) is 126 cm³/mol. The standard InChI is InChI=1S/C26H21BrO7/c1-14(28)31-19-7-4-17(5-8-19)26-25(22-12-18(27)6-11-23(22)34-26)21-10-9-20(32-15(2)29)13-24(21)33-16(3)30/h4-13,25-26H,1-3H3. The van der Waals surface area contributed by atoms with E-state index in [1.165, 1.54) is 26.8 Å². The molecule has 0 spiro atoms. The normalized spacial score (nSPS) is 16.2. The van der Waals surface area contributed by atoms with Gasteiger partial charge in [-0.1, -0.05) is 34.1 Å². The number of hydrogen-bond acceptors (Lipinski definition) is 7. The zero-order valence-electron chi connectivity index (χ0n) is 18.7. The van der Waals surface area contributed by atoms with Crippen molar-refractivity contribution in [3.63, 3.8) is 0 Å². The summed E-state index contributed by atoms with van der Waals surface area (Å²) >= 11 is 3.52. The van der Waals surface area contributed by atoms with Crippen molar-refractivity contribution >= 4 is 33.8 Å². The first kappa shape index (κ1) is 23.5. The molecule has 1 heterocycles. The number of esters is 3. The maximum absolute atomic E-state index is 11.9. The van der Waals surface area contributed by atoms with E-state index in [0.29, 0.717) is 17.1 Å². The maximum atomic E-state index is 11.9. The number of halogens is 1. The van der Waals surface area contributed by atoms with E-state index in [1.807, 2.05) is 30.3 Å². The molecule has 0 saturated heterocycles. The second-order valence-electron chi connectivity index (χ2n) is 7.75. The van der Waals surface area contributed by atoms with Crippen LogP contribution < -0.4 is 18.9 Å². The van der Waals surface area contributed by atoms with Gasteiger partial charge >= 0.3 is 17.9 Å². The topological polar surface area (TPSA) is 88.1 Å². The van der Waals surface area contributed by atoms with E-state index in [1.54, 1.807) is 24.3 Å². The molecule has 0 saturated carbocycles. The Hall–Kier alpha value is -3.65. The highest BCUT2D eigenvalue weighted by Crippen LogP contribution is 2.52. The first-order valence-electron chi connectivity index (χ1n) is 10.5. The number of benzene rings is 3. The van der Waals surface area contributed by atoms with E-state index < -0.39 is 24.0 Å². The summed E-state index contributed by atoms with van der Waals surface area (Å²) in [5.41, 5.74) is 2.43. The molecule has 0 amide bonds. The lowest BCUT2D eigenvalue weighted by atomic mass is 9.84. The molecule has 0 aromatic heterocycles. The molecule has 2 atom stereocenters. The van der Waals surface area contributed by atoms with Crippen molar-refractivity contribution in [2.45, 2.75) is 32.8 Å². The van der Waals surface area contributed by atoms with E-state index in [-0.39, 0.29) is 17.4 Å². The van der Waals surface area contributed by atoms with Crippen LogP contribution in [0.15, 0.2) is 65.1 Å². The Kier molecular flexibility index (Phi) is 6.70. The average Bonchev–Trinajstić information content (AvgIpc) is 3.11. The first-order chi connectivity index (χ1) is 16.2. The van der Waals surface area contributed by atoms with Gasteiger partial charge in [-0.05, 0) is 42.0 Å². The second kappa shape index (κ2) is 9.69. The lowest BCUT2D eigenvalue weighted by molar-refractivity contribution is -0.133. The molecule has 7 nitrogen and oxygen atoms in total. The molecule has 3 aromatic rings. The molecular weight excluding hydrogens is 504 g/mol. The fourth-order valence-electron chi connectivity index (χ4n) is 3.96. The van der Waals surface area contributed by atoms with Gasteiger partial charge in [-0.15, -0.1) is 0 Å². The molecule has 4 rings (SSSR count). The van der Waals surface area contributed by atoms with Crippen LogP contribution >= 0.6 is 15.9 Å². The van der Waals surface area contributed by atoms with Crippen molar-refractivity contribution in [1.82, 2.24) is 0 Å². The Morgan fingerprint density at radius 1 is 0.735 bits per heavy atom. The van der Waals surface area contributed by atoms with Crippen LogP contribution in [0.1, 0.15) is 49.5 Å². The highest BCUT2D eigenvalue weighted by molar-refractivity contribution is 9.10. The summed E-state index contributed by atoms with van der Waals surface area (Å²) in [7, 11) is 0. The minimum absolute atomic E-state index is 0.267. The largest absolute Gasteiger partial charge is 0.484 e. The van der Waals surface area contributed by atoms with Crippen molar-refractivity contribution in [3.8, 4) is 23.0 Å². The summed E-state index contributed by atoms with van der Waals surface area (Å²) in [6.45, 7) is 3.95. The van der Waals surface area contributed by atoms with Crippen LogP contribution in [-0.4, -0.2) is 17.9 Å². The van der Waals surface area contributed by atoms with Crippen LogP contribution in [0, 0.1) is 0 Å². The monoisotopic (exact) mass is 524 g/mol. The molecule has 0 radical (unpaired) electrons. The zero-order valence-corrected chi connectivity index (χ0v) is 20.2. The van der Waals surface area contributed by atoms with Crippen LogP contribution in [0.25, 0.3) is 0 Å². The van der Waals surface area contributed by atoms with Crippen molar-refractivity contribution < 1.29 is 33.3 Å². The summed E-state index contributed by atoms with van der Waals surface area (Å²) in [5, 5.41) is 0. The fraction of sp³-hybridized carbons (Fsp3) is 0.192. The van der Waals surface area contributed by atoms with E-state index in [4.69, 9.17) is 18.9 Å². The summed E-state index contributed by atoms with van der Waals surface area (Å²) in [6.07, 6.45) is -0.454. The van der Waals surface area contributed by atoms with Gasteiger partial charge < -0.3 is 18.9 Å². The quantitative estimate of drug-likeness (QED) is 0.322. The fourth-order valence-corrected chi connectivity index (χ4v) is 4.34. The van der Waals surface area contributed by atoms with Crippen LogP contribution in [0.3, 0.4) is 0 Å². The van der Waals surface area contributed by atoms with E-state index in [9.17, 15) is 14.4 Å². The van der Waals surface area contributed by atoms with Gasteiger partial charge in [-0.3, -0.25) is 14.4 Å². The average molecular weight is 525 g/mol. The Balaban J connectivity index is 1.82. The third-order valence-corrected chi connectivity index (χ3v) is 5.66. The summed E-state index contributed by atoms with van der Waals surface area (Å²) < 4.78 is 23.1. The van der Waals surface area contributed by atoms with Gasteiger partial charge in [0.2, 0.25) is 0 Å². The van der Waals surface area contributed by atoms with Gasteiger partial charge in [0.25, 0.3) is 0 Å². The highest BCUT2D eigenvalue weighted by atomic mass is 79.9. The maximum Gasteiger partial charge on any atom is 0.308 e. The third-order valence-electron chi connectivity index (χ3n) is 5.17. The SMILES string of the molecule is CC(=O)Oc1ccc(C2Oc3ccc(Br)cc3C2c2ccc(OC(C)=O)cc2OC(C)=O)cc1. The number of carbonyl (C=O) groups excluding carboxylic acids is 3. The van der Waals surface area contributed by atoms with Gasteiger partial charge in [-0.25, -0.2) is 0 Å². The lowest BCUT2D eigenvalue weighted by Crippen LogP contribution is -2.14. The van der Waals surface area contributed by atoms with E-state index in [2.05, 4.69) is 15.9 Å². The smallest absolute Gasteiger partial charge is 0.308 e. The molecule has 3 aromatic carbocycles. The third kappa shape index (κ3) is 5.12. The minimum Gasteiger partial charge on any atom is -0.484 e. The first-order valence-corrected chi connectivity index (χ1v) is 11.3. The van der Waals surface area contributed by atoms with E-state index >= 15 is 0 Å². The molecular formula is C26H21BrO7. The van der Waals surface area contributed by atoms with Gasteiger partial charge in [0.05, 0.1) is 5.92 Å². The molecule has 1 aliphatic rings. The number of hydrogen-bond donors (Lipinski definition) is 0. The molecule has 1 aliphatic heterocycles. The van der Waals surface area contributed by atoms with Crippen molar-refractivity contribution in [2.75, 3.05) is 0 Å². The Morgan fingerprint density at radius 3 is 2.00 bits per heavy atom. The molecule has 0 N–H and O–H groups in total. The summed E-state index contributed by atoms with van der Waals surface area (Å²) in [5.74, 6) is -0.0656. The molecule has 0 aliphatic carbocycles. The van der Waals surface area contributed by atoms with Crippen LogP contribution in [-0.2, 0) is 14.4 Å². The number of ether oxygens (including phenoxy) is 4. The van der Waals surface area contributed by atoms with Gasteiger partial charge in [-0.2, -0.15) is 0 Å². The highest BCUT2D eigenvalue weighted by Gasteiger charge is 2.39. The summed E-state index contributed by atoms with van der Waals surface area (Å²) in [6, 6.07) is 17.7. The number of carbonyl (C=O) groups is 3. The van der Waals surface area contributed by atoms with Gasteiger partial charge in [0.15, 0.2) is 0 Å². The molecule has 0 fully saturated rings. The predicted octanol–water partition coefficient (Wildman–Crippen LogP) is 5.49. The van der Waals surface area contributed by atoms with Gasteiger partial charge in [0, 0.05) is 42.4 Å². The summed E-state index contributed by atoms with van der Waals surface area (Å²) in [4.78, 5) is 34.6. The van der Waals surface area contributed by atoms with Crippen LogP contribution in [0.2, 0.25) is 0 Å². The Morgan fingerprint density at radius 2 is 1.35 bits per heavy atom. The lowest BCUT2D eigenvalue weighted by Gasteiger charge is -2.22. The Labute approximate surface area is 204 Å². The van der Waals surface area contributed by atoms with Crippen LogP contribution in [0.5, 0.6) is 23.0 Å². The number of rotatable bonds is 5.